The first kappa shape index (κ1) is 12.0. The highest BCUT2D eigenvalue weighted by Gasteiger charge is 2.22. The van der Waals surface area contributed by atoms with Crippen LogP contribution in [0.5, 0.6) is 11.5 Å². The number of fused-ring (bicyclic) bond motifs is 1. The van der Waals surface area contributed by atoms with Gasteiger partial charge in [0.1, 0.15) is 11.3 Å². The molecule has 0 aliphatic carbocycles. The molecule has 0 radical (unpaired) electrons. The lowest BCUT2D eigenvalue weighted by atomic mass is 10.2. The largest absolute Gasteiger partial charge is 0.448 e. The monoisotopic (exact) mass is 267 g/mol. The van der Waals surface area contributed by atoms with Crippen LogP contribution in [0.2, 0.25) is 0 Å². The normalized spacial score (nSPS) is 10.4. The van der Waals surface area contributed by atoms with Gasteiger partial charge in [-0.25, -0.2) is 0 Å². The van der Waals surface area contributed by atoms with E-state index in [1.165, 1.54) is 0 Å². The SMILES string of the molecule is O=[N+]([O-])c1nnc2ccccc2c1Oc1ccccc1. The quantitative estimate of drug-likeness (QED) is 0.537. The molecule has 0 spiro atoms. The molecule has 0 saturated heterocycles. The molecule has 3 rings (SSSR count). The molecule has 0 fully saturated rings. The number of nitrogens with zero attached hydrogens (tertiary/aromatic N) is 3. The molecule has 2 aromatic carbocycles. The summed E-state index contributed by atoms with van der Waals surface area (Å²) in [5.41, 5.74) is 0.545. The van der Waals surface area contributed by atoms with Crippen LogP contribution in [0.4, 0.5) is 5.82 Å². The van der Waals surface area contributed by atoms with Crippen LogP contribution in [-0.2, 0) is 0 Å². The molecule has 0 aliphatic heterocycles. The molecule has 1 heterocycles. The van der Waals surface area contributed by atoms with Crippen LogP contribution in [0, 0.1) is 10.1 Å². The molecule has 1 aromatic heterocycles. The lowest BCUT2D eigenvalue weighted by Crippen LogP contribution is -1.99. The van der Waals surface area contributed by atoms with E-state index < -0.39 is 10.7 Å². The first-order valence-electron chi connectivity index (χ1n) is 5.88. The van der Waals surface area contributed by atoms with Crippen LogP contribution in [0.25, 0.3) is 10.9 Å². The van der Waals surface area contributed by atoms with Crippen LogP contribution in [0.3, 0.4) is 0 Å². The zero-order chi connectivity index (χ0) is 13.9. The Morgan fingerprint density at radius 1 is 0.950 bits per heavy atom. The summed E-state index contributed by atoms with van der Waals surface area (Å²) in [6.07, 6.45) is 0. The Morgan fingerprint density at radius 2 is 1.65 bits per heavy atom. The molecule has 0 bridgehead atoms. The van der Waals surface area contributed by atoms with Gasteiger partial charge in [0.25, 0.3) is 0 Å². The van der Waals surface area contributed by atoms with Gasteiger partial charge in [-0.05, 0) is 34.3 Å². The maximum atomic E-state index is 11.1. The summed E-state index contributed by atoms with van der Waals surface area (Å²) in [4.78, 5) is 10.5. The third kappa shape index (κ3) is 2.14. The Labute approximate surface area is 113 Å². The van der Waals surface area contributed by atoms with Crippen molar-refractivity contribution in [1.29, 1.82) is 0 Å². The maximum Gasteiger partial charge on any atom is 0.434 e. The van der Waals surface area contributed by atoms with Gasteiger partial charge in [0, 0.05) is 0 Å². The highest BCUT2D eigenvalue weighted by atomic mass is 16.6. The first-order chi connectivity index (χ1) is 9.75. The Hall–Kier alpha value is -3.02. The van der Waals surface area contributed by atoms with Crippen molar-refractivity contribution in [2.24, 2.45) is 0 Å². The maximum absolute atomic E-state index is 11.1. The number of benzene rings is 2. The minimum Gasteiger partial charge on any atom is -0.448 e. The Kier molecular flexibility index (Phi) is 2.96. The van der Waals surface area contributed by atoms with Crippen molar-refractivity contribution < 1.29 is 9.66 Å². The van der Waals surface area contributed by atoms with Crippen LogP contribution in [-0.4, -0.2) is 15.1 Å². The molecule has 20 heavy (non-hydrogen) atoms. The molecule has 0 amide bonds. The van der Waals surface area contributed by atoms with E-state index in [4.69, 9.17) is 4.74 Å². The molecular weight excluding hydrogens is 258 g/mol. The average Bonchev–Trinajstić information content (AvgIpc) is 2.48. The summed E-state index contributed by atoms with van der Waals surface area (Å²) in [5, 5.41) is 19.1. The Bertz CT molecular complexity index is 775. The predicted octanol–water partition coefficient (Wildman–Crippen LogP) is 3.33. The van der Waals surface area contributed by atoms with Crippen molar-refractivity contribution in [1.82, 2.24) is 10.2 Å². The summed E-state index contributed by atoms with van der Waals surface area (Å²) in [6.45, 7) is 0. The summed E-state index contributed by atoms with van der Waals surface area (Å²) in [6, 6.07) is 15.9. The van der Waals surface area contributed by atoms with Gasteiger partial charge in [-0.15, -0.1) is 0 Å². The van der Waals surface area contributed by atoms with E-state index >= 15 is 0 Å². The number of ether oxygens (including phenoxy) is 1. The van der Waals surface area contributed by atoms with Crippen molar-refractivity contribution in [3.05, 3.63) is 64.7 Å². The van der Waals surface area contributed by atoms with Crippen LogP contribution < -0.4 is 4.74 Å². The van der Waals surface area contributed by atoms with E-state index in [9.17, 15) is 10.1 Å². The van der Waals surface area contributed by atoms with Gasteiger partial charge in [0.15, 0.2) is 0 Å². The smallest absolute Gasteiger partial charge is 0.434 e. The van der Waals surface area contributed by atoms with Gasteiger partial charge in [-0.3, -0.25) is 0 Å². The average molecular weight is 267 g/mol. The highest BCUT2D eigenvalue weighted by Crippen LogP contribution is 2.35. The summed E-state index contributed by atoms with van der Waals surface area (Å²) >= 11 is 0. The summed E-state index contributed by atoms with van der Waals surface area (Å²) < 4.78 is 5.64. The summed E-state index contributed by atoms with van der Waals surface area (Å²) in [5.74, 6) is 0.216. The van der Waals surface area contributed by atoms with Crippen molar-refractivity contribution in [3.63, 3.8) is 0 Å². The van der Waals surface area contributed by atoms with E-state index in [0.717, 1.165) is 0 Å². The fraction of sp³-hybridized carbons (Fsp3) is 0. The minimum absolute atomic E-state index is 0.104. The third-order valence-corrected chi connectivity index (χ3v) is 2.74. The number of rotatable bonds is 3. The fourth-order valence-corrected chi connectivity index (χ4v) is 1.85. The van der Waals surface area contributed by atoms with Gasteiger partial charge in [0.05, 0.1) is 10.5 Å². The molecule has 0 atom stereocenters. The second-order valence-corrected chi connectivity index (χ2v) is 4.04. The molecule has 98 valence electrons. The minimum atomic E-state index is -0.599. The fourth-order valence-electron chi connectivity index (χ4n) is 1.85. The zero-order valence-corrected chi connectivity index (χ0v) is 10.3. The first-order valence-corrected chi connectivity index (χ1v) is 5.88. The zero-order valence-electron chi connectivity index (χ0n) is 10.3. The Balaban J connectivity index is 2.20. The standard InChI is InChI=1S/C14H9N3O3/c18-17(19)14-13(20-10-6-2-1-3-7-10)11-8-4-5-9-12(11)15-16-14/h1-9H. The lowest BCUT2D eigenvalue weighted by Gasteiger charge is -2.07. The summed E-state index contributed by atoms with van der Waals surface area (Å²) in [7, 11) is 0. The van der Waals surface area contributed by atoms with Gasteiger partial charge in [-0.1, -0.05) is 30.3 Å². The van der Waals surface area contributed by atoms with E-state index in [1.807, 2.05) is 6.07 Å². The third-order valence-electron chi connectivity index (χ3n) is 2.74. The number of para-hydroxylation sites is 1. The molecule has 0 saturated carbocycles. The van der Waals surface area contributed by atoms with Gasteiger partial charge < -0.3 is 14.9 Å². The number of hydrogen-bond acceptors (Lipinski definition) is 5. The van der Waals surface area contributed by atoms with Gasteiger partial charge in [0.2, 0.25) is 5.75 Å². The lowest BCUT2D eigenvalue weighted by molar-refractivity contribution is -0.390. The second kappa shape index (κ2) is 4.93. The molecule has 3 aromatic rings. The van der Waals surface area contributed by atoms with E-state index in [0.29, 0.717) is 16.7 Å². The topological polar surface area (TPSA) is 78.2 Å². The molecule has 0 N–H and O–H groups in total. The van der Waals surface area contributed by atoms with Crippen molar-refractivity contribution >= 4 is 16.7 Å². The van der Waals surface area contributed by atoms with Gasteiger partial charge in [-0.2, -0.15) is 0 Å². The van der Waals surface area contributed by atoms with Crippen LogP contribution in [0.1, 0.15) is 0 Å². The molecular formula is C14H9N3O3. The Morgan fingerprint density at radius 3 is 2.40 bits per heavy atom. The number of aromatic nitrogens is 2. The van der Waals surface area contributed by atoms with Crippen LogP contribution >= 0.6 is 0 Å². The number of hydrogen-bond donors (Lipinski definition) is 0. The van der Waals surface area contributed by atoms with E-state index in [2.05, 4.69) is 10.2 Å². The van der Waals surface area contributed by atoms with E-state index in [1.54, 1.807) is 48.5 Å². The van der Waals surface area contributed by atoms with Crippen molar-refractivity contribution in [3.8, 4) is 11.5 Å². The molecule has 0 aliphatic rings. The van der Waals surface area contributed by atoms with Crippen LogP contribution in [0.15, 0.2) is 54.6 Å². The second-order valence-electron chi connectivity index (χ2n) is 4.04. The van der Waals surface area contributed by atoms with Gasteiger partial charge >= 0.3 is 5.82 Å². The van der Waals surface area contributed by atoms with Crippen molar-refractivity contribution in [2.45, 2.75) is 0 Å². The van der Waals surface area contributed by atoms with E-state index in [-0.39, 0.29) is 5.75 Å². The van der Waals surface area contributed by atoms with Crippen molar-refractivity contribution in [2.75, 3.05) is 0 Å². The number of nitro groups is 1. The predicted molar refractivity (Wildman–Crippen MR) is 72.7 cm³/mol. The molecule has 6 nitrogen and oxygen atoms in total. The molecule has 0 unspecified atom stereocenters. The highest BCUT2D eigenvalue weighted by molar-refractivity contribution is 5.87. The molecule has 6 heteroatoms.